The van der Waals surface area contributed by atoms with Crippen LogP contribution in [0.3, 0.4) is 0 Å². The van der Waals surface area contributed by atoms with Crippen LogP contribution >= 0.6 is 0 Å². The largest absolute Gasteiger partial charge is 0.338 e. The van der Waals surface area contributed by atoms with Crippen LogP contribution in [0.25, 0.3) is 0 Å². The minimum atomic E-state index is -0.194. The average Bonchev–Trinajstić information content (AvgIpc) is 2.93. The molecular formula is C28H56N8O4. The Morgan fingerprint density at radius 2 is 0.575 bits per heavy atom. The standard InChI is InChI=1S/C28H56N8O4/c1-5-9-13-29-25(37)33-17-19-34(26(38)30-14-10-6-2)21-23-36(28(40)32-16-12-8-4)24-22-35(20-18-33)27(39)31-15-11-7-3/h5-24H2,1-4H3,(H,29,37)(H,30,38)(H,31,39)(H,32,40). The van der Waals surface area contributed by atoms with Crippen molar-refractivity contribution in [3.8, 4) is 0 Å². The summed E-state index contributed by atoms with van der Waals surface area (Å²) in [5.74, 6) is 0. The minimum Gasteiger partial charge on any atom is -0.338 e. The van der Waals surface area contributed by atoms with E-state index in [0.717, 1.165) is 51.4 Å². The highest BCUT2D eigenvalue weighted by molar-refractivity contribution is 5.77. The topological polar surface area (TPSA) is 129 Å². The molecule has 4 N–H and O–H groups in total. The van der Waals surface area contributed by atoms with Crippen LogP contribution in [0.15, 0.2) is 0 Å². The number of hydrogen-bond donors (Lipinski definition) is 4. The van der Waals surface area contributed by atoms with Crippen LogP contribution in [0.4, 0.5) is 19.2 Å². The van der Waals surface area contributed by atoms with Crippen molar-refractivity contribution >= 4 is 24.1 Å². The summed E-state index contributed by atoms with van der Waals surface area (Å²) in [6, 6.07) is -0.777. The Morgan fingerprint density at radius 1 is 0.400 bits per heavy atom. The van der Waals surface area contributed by atoms with Crippen molar-refractivity contribution in [2.45, 2.75) is 79.1 Å². The van der Waals surface area contributed by atoms with Gasteiger partial charge in [0.25, 0.3) is 0 Å². The molecule has 0 aromatic rings. The van der Waals surface area contributed by atoms with Gasteiger partial charge in [0.2, 0.25) is 0 Å². The van der Waals surface area contributed by atoms with Gasteiger partial charge in [-0.1, -0.05) is 53.4 Å². The number of unbranched alkanes of at least 4 members (excludes halogenated alkanes) is 4. The van der Waals surface area contributed by atoms with E-state index in [9.17, 15) is 19.2 Å². The molecule has 1 aliphatic heterocycles. The SMILES string of the molecule is CCCCNC(=O)N1CCN(C(=O)NCCCC)CCN(C(=O)NCCCC)CCN(C(=O)NCCCC)CC1. The maximum absolute atomic E-state index is 13.0. The van der Waals surface area contributed by atoms with Crippen molar-refractivity contribution in [2.24, 2.45) is 0 Å². The summed E-state index contributed by atoms with van der Waals surface area (Å²) < 4.78 is 0. The van der Waals surface area contributed by atoms with Crippen molar-refractivity contribution in [1.82, 2.24) is 40.9 Å². The second-order valence-corrected chi connectivity index (χ2v) is 10.3. The van der Waals surface area contributed by atoms with Crippen LogP contribution in [0.2, 0.25) is 0 Å². The lowest BCUT2D eigenvalue weighted by Gasteiger charge is -2.34. The zero-order chi connectivity index (χ0) is 29.6. The molecule has 0 saturated carbocycles. The molecule has 0 radical (unpaired) electrons. The molecule has 0 aliphatic carbocycles. The molecule has 1 saturated heterocycles. The number of hydrogen-bond acceptors (Lipinski definition) is 4. The molecule has 0 atom stereocenters. The van der Waals surface area contributed by atoms with Crippen LogP contribution in [-0.4, -0.2) is 122 Å². The van der Waals surface area contributed by atoms with Crippen molar-refractivity contribution in [3.63, 3.8) is 0 Å². The van der Waals surface area contributed by atoms with Crippen molar-refractivity contribution in [1.29, 1.82) is 0 Å². The number of nitrogens with one attached hydrogen (secondary N) is 4. The fraction of sp³-hybridized carbons (Fsp3) is 0.857. The van der Waals surface area contributed by atoms with Crippen molar-refractivity contribution in [2.75, 3.05) is 78.5 Å². The third-order valence-electron chi connectivity index (χ3n) is 6.93. The number of urea groups is 4. The van der Waals surface area contributed by atoms with Crippen molar-refractivity contribution in [3.05, 3.63) is 0 Å². The molecule has 0 aromatic carbocycles. The summed E-state index contributed by atoms with van der Waals surface area (Å²) in [5.41, 5.74) is 0. The Balaban J connectivity index is 3.12. The lowest BCUT2D eigenvalue weighted by molar-refractivity contribution is 0.142. The van der Waals surface area contributed by atoms with Crippen LogP contribution < -0.4 is 21.3 Å². The fourth-order valence-electron chi connectivity index (χ4n) is 4.16. The van der Waals surface area contributed by atoms with Gasteiger partial charge in [-0.05, 0) is 25.7 Å². The number of nitrogens with zero attached hydrogens (tertiary/aromatic N) is 4. The Kier molecular flexibility index (Phi) is 19.2. The number of carbonyl (C=O) groups excluding carboxylic acids is 4. The molecule has 1 rings (SSSR count). The normalized spacial score (nSPS) is 15.1. The number of rotatable bonds is 12. The molecular weight excluding hydrogens is 512 g/mol. The monoisotopic (exact) mass is 568 g/mol. The minimum absolute atomic E-state index is 0.194. The molecule has 0 unspecified atom stereocenters. The van der Waals surface area contributed by atoms with Crippen LogP contribution in [0.1, 0.15) is 79.1 Å². The summed E-state index contributed by atoms with van der Waals surface area (Å²) in [4.78, 5) is 58.9. The second kappa shape index (κ2) is 21.8. The molecule has 0 aromatic heterocycles. The van der Waals surface area contributed by atoms with Gasteiger partial charge in [0.05, 0.1) is 0 Å². The first-order valence-corrected chi connectivity index (χ1v) is 15.5. The third kappa shape index (κ3) is 14.5. The van der Waals surface area contributed by atoms with Gasteiger partial charge in [-0.3, -0.25) is 0 Å². The molecule has 1 fully saturated rings. The summed E-state index contributed by atoms with van der Waals surface area (Å²) in [5, 5.41) is 11.9. The van der Waals surface area contributed by atoms with Gasteiger partial charge < -0.3 is 40.9 Å². The van der Waals surface area contributed by atoms with Gasteiger partial charge in [-0.2, -0.15) is 0 Å². The van der Waals surface area contributed by atoms with E-state index in [4.69, 9.17) is 0 Å². The van der Waals surface area contributed by atoms with E-state index < -0.39 is 0 Å². The van der Waals surface area contributed by atoms with Crippen LogP contribution in [0.5, 0.6) is 0 Å². The summed E-state index contributed by atoms with van der Waals surface area (Å²) in [6.45, 7) is 13.2. The van der Waals surface area contributed by atoms with E-state index in [1.807, 2.05) is 0 Å². The fourth-order valence-corrected chi connectivity index (χ4v) is 4.16. The third-order valence-corrected chi connectivity index (χ3v) is 6.93. The Bertz CT molecular complexity index is 603. The number of amides is 8. The summed E-state index contributed by atoms with van der Waals surface area (Å²) >= 11 is 0. The first-order chi connectivity index (χ1) is 19.4. The molecule has 12 nitrogen and oxygen atoms in total. The maximum atomic E-state index is 13.0. The van der Waals surface area contributed by atoms with E-state index >= 15 is 0 Å². The summed E-state index contributed by atoms with van der Waals surface area (Å²) in [7, 11) is 0. The molecule has 232 valence electrons. The predicted molar refractivity (Wildman–Crippen MR) is 160 cm³/mol. The van der Waals surface area contributed by atoms with Gasteiger partial charge in [-0.25, -0.2) is 19.2 Å². The van der Waals surface area contributed by atoms with E-state index in [0.29, 0.717) is 78.5 Å². The second-order valence-electron chi connectivity index (χ2n) is 10.3. The molecule has 0 bridgehead atoms. The molecule has 40 heavy (non-hydrogen) atoms. The zero-order valence-electron chi connectivity index (χ0n) is 25.6. The lowest BCUT2D eigenvalue weighted by atomic mass is 10.3. The van der Waals surface area contributed by atoms with Gasteiger partial charge in [0.1, 0.15) is 0 Å². The zero-order valence-corrected chi connectivity index (χ0v) is 25.6. The highest BCUT2D eigenvalue weighted by atomic mass is 16.2. The Labute approximate surface area is 241 Å². The number of carbonyl (C=O) groups is 4. The molecule has 0 spiro atoms. The lowest BCUT2D eigenvalue weighted by Crippen LogP contribution is -2.55. The first-order valence-electron chi connectivity index (χ1n) is 15.5. The quantitative estimate of drug-likeness (QED) is 0.269. The molecule has 1 aliphatic rings. The molecule has 1 heterocycles. The van der Waals surface area contributed by atoms with E-state index in [2.05, 4.69) is 49.0 Å². The van der Waals surface area contributed by atoms with Gasteiger partial charge in [-0.15, -0.1) is 0 Å². The Hall–Kier alpha value is -2.92. The maximum Gasteiger partial charge on any atom is 0.317 e. The van der Waals surface area contributed by atoms with E-state index in [-0.39, 0.29) is 24.1 Å². The average molecular weight is 569 g/mol. The van der Waals surface area contributed by atoms with Crippen LogP contribution in [0, 0.1) is 0 Å². The molecule has 8 amide bonds. The summed E-state index contributed by atoms with van der Waals surface area (Å²) in [6.07, 6.45) is 7.42. The smallest absolute Gasteiger partial charge is 0.317 e. The van der Waals surface area contributed by atoms with Crippen LogP contribution in [-0.2, 0) is 0 Å². The highest BCUT2D eigenvalue weighted by Crippen LogP contribution is 2.04. The van der Waals surface area contributed by atoms with E-state index in [1.54, 1.807) is 19.6 Å². The first kappa shape index (κ1) is 35.1. The molecule has 12 heteroatoms. The van der Waals surface area contributed by atoms with Gasteiger partial charge in [0.15, 0.2) is 0 Å². The van der Waals surface area contributed by atoms with E-state index in [1.165, 1.54) is 0 Å². The van der Waals surface area contributed by atoms with Crippen molar-refractivity contribution < 1.29 is 19.2 Å². The van der Waals surface area contributed by atoms with Gasteiger partial charge in [0, 0.05) is 78.5 Å². The Morgan fingerprint density at radius 3 is 0.725 bits per heavy atom. The highest BCUT2D eigenvalue weighted by Gasteiger charge is 2.24. The predicted octanol–water partition coefficient (Wildman–Crippen LogP) is 3.25. The van der Waals surface area contributed by atoms with Gasteiger partial charge >= 0.3 is 24.1 Å².